The van der Waals surface area contributed by atoms with E-state index in [1.54, 1.807) is 25.2 Å². The zero-order valence-electron chi connectivity index (χ0n) is 16.6. The minimum Gasteiger partial charge on any atom is -0.493 e. The number of nitrogens with zero attached hydrogens (tertiary/aromatic N) is 4. The van der Waals surface area contributed by atoms with Crippen LogP contribution in [0.25, 0.3) is 0 Å². The molecule has 0 atom stereocenters. The quantitative estimate of drug-likeness (QED) is 0.669. The summed E-state index contributed by atoms with van der Waals surface area (Å²) in [6.07, 6.45) is 1.74. The van der Waals surface area contributed by atoms with Gasteiger partial charge >= 0.3 is 0 Å². The van der Waals surface area contributed by atoms with E-state index in [2.05, 4.69) is 20.4 Å². The van der Waals surface area contributed by atoms with Crippen molar-refractivity contribution >= 4 is 24.0 Å². The summed E-state index contributed by atoms with van der Waals surface area (Å²) in [4.78, 5) is 26.8. The molecule has 1 aromatic carbocycles. The van der Waals surface area contributed by atoms with Gasteiger partial charge < -0.3 is 24.6 Å². The summed E-state index contributed by atoms with van der Waals surface area (Å²) in [5.41, 5.74) is 0.980. The molecule has 1 fully saturated rings. The van der Waals surface area contributed by atoms with Crippen LogP contribution in [0.4, 0.5) is 11.6 Å². The van der Waals surface area contributed by atoms with E-state index in [0.29, 0.717) is 56.3 Å². The van der Waals surface area contributed by atoms with Crippen LogP contribution in [0.15, 0.2) is 30.3 Å². The number of benzene rings is 1. The van der Waals surface area contributed by atoms with Gasteiger partial charge in [-0.2, -0.15) is 0 Å². The van der Waals surface area contributed by atoms with Gasteiger partial charge in [0, 0.05) is 32.6 Å². The van der Waals surface area contributed by atoms with Crippen LogP contribution < -0.4 is 19.7 Å². The van der Waals surface area contributed by atoms with Crippen LogP contribution in [0.5, 0.6) is 11.5 Å². The molecule has 9 nitrogen and oxygen atoms in total. The average molecular weight is 399 g/mol. The van der Waals surface area contributed by atoms with Gasteiger partial charge in [0.25, 0.3) is 0 Å². The second-order valence-electron chi connectivity index (χ2n) is 6.64. The number of amides is 2. The fraction of sp³-hybridized carbons (Fsp3) is 0.400. The molecule has 154 valence electrons. The molecule has 1 saturated heterocycles. The van der Waals surface area contributed by atoms with E-state index in [4.69, 9.17) is 9.47 Å². The Balaban J connectivity index is 1.50. The van der Waals surface area contributed by atoms with Gasteiger partial charge in [-0.3, -0.25) is 9.59 Å². The Hall–Kier alpha value is -3.36. The van der Waals surface area contributed by atoms with Gasteiger partial charge in [-0.15, -0.1) is 10.2 Å². The minimum absolute atomic E-state index is 0.138. The predicted octanol–water partition coefficient (Wildman–Crippen LogP) is 1.34. The first-order valence-corrected chi connectivity index (χ1v) is 9.41. The van der Waals surface area contributed by atoms with Crippen molar-refractivity contribution in [3.05, 3.63) is 35.9 Å². The van der Waals surface area contributed by atoms with Crippen molar-refractivity contribution in [2.24, 2.45) is 0 Å². The van der Waals surface area contributed by atoms with Gasteiger partial charge in [-0.25, -0.2) is 0 Å². The Bertz CT molecular complexity index is 835. The number of ether oxygens (including phenoxy) is 2. The Kier molecular flexibility index (Phi) is 6.83. The number of rotatable bonds is 8. The highest BCUT2D eigenvalue weighted by molar-refractivity contribution is 5.89. The Morgan fingerprint density at radius 3 is 2.45 bits per heavy atom. The van der Waals surface area contributed by atoms with Gasteiger partial charge in [0.2, 0.25) is 12.3 Å². The number of hydrogen-bond donors (Lipinski definition) is 1. The summed E-state index contributed by atoms with van der Waals surface area (Å²) >= 11 is 0. The molecule has 9 heteroatoms. The first-order chi connectivity index (χ1) is 14.1. The van der Waals surface area contributed by atoms with Gasteiger partial charge in [-0.05, 0) is 36.2 Å². The summed E-state index contributed by atoms with van der Waals surface area (Å²) in [5, 5.41) is 11.1. The molecule has 1 aliphatic rings. The van der Waals surface area contributed by atoms with Crippen LogP contribution >= 0.6 is 0 Å². The van der Waals surface area contributed by atoms with Gasteiger partial charge in [0.05, 0.1) is 14.2 Å². The molecule has 1 aromatic heterocycles. The van der Waals surface area contributed by atoms with E-state index >= 15 is 0 Å². The molecule has 1 aliphatic heterocycles. The minimum atomic E-state index is -0.138. The van der Waals surface area contributed by atoms with E-state index in [1.807, 2.05) is 24.3 Å². The van der Waals surface area contributed by atoms with Crippen LogP contribution in [-0.4, -0.2) is 67.8 Å². The predicted molar refractivity (Wildman–Crippen MR) is 108 cm³/mol. The van der Waals surface area contributed by atoms with Gasteiger partial charge in [0.1, 0.15) is 0 Å². The summed E-state index contributed by atoms with van der Waals surface area (Å²) < 4.78 is 10.5. The summed E-state index contributed by atoms with van der Waals surface area (Å²) in [5.74, 6) is 2.31. The normalized spacial score (nSPS) is 13.7. The number of carbonyl (C=O) groups is 2. The Morgan fingerprint density at radius 1 is 1.07 bits per heavy atom. The molecule has 0 bridgehead atoms. The molecule has 0 aliphatic carbocycles. The van der Waals surface area contributed by atoms with Crippen molar-refractivity contribution in [1.29, 1.82) is 0 Å². The van der Waals surface area contributed by atoms with Gasteiger partial charge in [-0.1, -0.05) is 6.07 Å². The number of methoxy groups -OCH3 is 2. The summed E-state index contributed by atoms with van der Waals surface area (Å²) in [7, 11) is 3.17. The summed E-state index contributed by atoms with van der Waals surface area (Å²) in [6, 6.07) is 9.17. The smallest absolute Gasteiger partial charge is 0.225 e. The molecule has 0 radical (unpaired) electrons. The Labute approximate surface area is 169 Å². The highest BCUT2D eigenvalue weighted by atomic mass is 16.5. The van der Waals surface area contributed by atoms with E-state index < -0.39 is 0 Å². The third kappa shape index (κ3) is 5.34. The van der Waals surface area contributed by atoms with E-state index in [-0.39, 0.29) is 5.91 Å². The number of hydrogen-bond acceptors (Lipinski definition) is 7. The maximum atomic E-state index is 12.2. The molecular weight excluding hydrogens is 374 g/mol. The van der Waals surface area contributed by atoms with Crippen molar-refractivity contribution in [2.75, 3.05) is 50.6 Å². The number of carbonyl (C=O) groups excluding carboxylic acids is 2. The second kappa shape index (κ2) is 9.72. The topological polar surface area (TPSA) is 96.9 Å². The van der Waals surface area contributed by atoms with Gasteiger partial charge in [0.15, 0.2) is 23.1 Å². The average Bonchev–Trinajstić information content (AvgIpc) is 2.78. The number of aromatic nitrogens is 2. The molecule has 2 aromatic rings. The standard InChI is InChI=1S/C20H25N5O4/c1-28-16-5-3-15(13-17(16)29-2)4-8-20(27)21-18-6-7-19(23-22-18)25-11-9-24(14-26)10-12-25/h3,5-7,13-14H,4,8-12H2,1-2H3,(H,21,22,27). The van der Waals surface area contributed by atoms with Crippen molar-refractivity contribution in [3.8, 4) is 11.5 Å². The fourth-order valence-corrected chi connectivity index (χ4v) is 3.12. The molecule has 0 spiro atoms. The first kappa shape index (κ1) is 20.4. The maximum absolute atomic E-state index is 12.2. The third-order valence-electron chi connectivity index (χ3n) is 4.79. The number of anilines is 2. The lowest BCUT2D eigenvalue weighted by molar-refractivity contribution is -0.118. The highest BCUT2D eigenvalue weighted by Gasteiger charge is 2.17. The molecule has 0 saturated carbocycles. The Morgan fingerprint density at radius 2 is 1.83 bits per heavy atom. The molecule has 3 rings (SSSR count). The van der Waals surface area contributed by atoms with Crippen LogP contribution in [-0.2, 0) is 16.0 Å². The lowest BCUT2D eigenvalue weighted by Gasteiger charge is -2.32. The lowest BCUT2D eigenvalue weighted by Crippen LogP contribution is -2.46. The zero-order valence-corrected chi connectivity index (χ0v) is 16.6. The van der Waals surface area contributed by atoms with Crippen molar-refractivity contribution in [3.63, 3.8) is 0 Å². The van der Waals surface area contributed by atoms with E-state index in [0.717, 1.165) is 17.8 Å². The second-order valence-corrected chi connectivity index (χ2v) is 6.64. The molecular formula is C20H25N5O4. The fourth-order valence-electron chi connectivity index (χ4n) is 3.12. The summed E-state index contributed by atoms with van der Waals surface area (Å²) in [6.45, 7) is 2.76. The molecule has 1 N–H and O–H groups in total. The molecule has 0 unspecified atom stereocenters. The third-order valence-corrected chi connectivity index (χ3v) is 4.79. The van der Waals surface area contributed by atoms with E-state index in [9.17, 15) is 9.59 Å². The monoisotopic (exact) mass is 399 g/mol. The molecule has 29 heavy (non-hydrogen) atoms. The van der Waals surface area contributed by atoms with Crippen molar-refractivity contribution < 1.29 is 19.1 Å². The van der Waals surface area contributed by atoms with Crippen LogP contribution in [0, 0.1) is 0 Å². The number of aryl methyl sites for hydroxylation is 1. The maximum Gasteiger partial charge on any atom is 0.225 e. The zero-order chi connectivity index (χ0) is 20.6. The SMILES string of the molecule is COc1ccc(CCC(=O)Nc2ccc(N3CCN(C=O)CC3)nn2)cc1OC. The van der Waals surface area contributed by atoms with Crippen molar-refractivity contribution in [1.82, 2.24) is 15.1 Å². The molecule has 2 amide bonds. The first-order valence-electron chi connectivity index (χ1n) is 9.41. The highest BCUT2D eigenvalue weighted by Crippen LogP contribution is 2.28. The van der Waals surface area contributed by atoms with Crippen molar-refractivity contribution in [2.45, 2.75) is 12.8 Å². The largest absolute Gasteiger partial charge is 0.493 e. The van der Waals surface area contributed by atoms with Crippen LogP contribution in [0.1, 0.15) is 12.0 Å². The molecule has 2 heterocycles. The van der Waals surface area contributed by atoms with Crippen LogP contribution in [0.2, 0.25) is 0 Å². The number of piperazine rings is 1. The lowest BCUT2D eigenvalue weighted by atomic mass is 10.1. The number of nitrogens with one attached hydrogen (secondary N) is 1. The van der Waals surface area contributed by atoms with E-state index in [1.165, 1.54) is 0 Å². The van der Waals surface area contributed by atoms with Crippen LogP contribution in [0.3, 0.4) is 0 Å².